The summed E-state index contributed by atoms with van der Waals surface area (Å²) in [6.45, 7) is 2.32. The number of rotatable bonds is 4. The maximum Gasteiger partial charge on any atom is 0.276 e. The second kappa shape index (κ2) is 7.90. The molecule has 1 amide bonds. The van der Waals surface area contributed by atoms with Gasteiger partial charge in [0, 0.05) is 6.54 Å². The van der Waals surface area contributed by atoms with Crippen molar-refractivity contribution in [3.8, 4) is 5.75 Å². The van der Waals surface area contributed by atoms with Gasteiger partial charge < -0.3 is 10.1 Å². The average molecular weight is 350 g/mol. The second-order valence-electron chi connectivity index (χ2n) is 3.40. The molecule has 104 valence electrons. The fourth-order valence-electron chi connectivity index (χ4n) is 1.10. The fourth-order valence-corrected chi connectivity index (χ4v) is 1.76. The van der Waals surface area contributed by atoms with Crippen molar-refractivity contribution < 1.29 is 13.9 Å². The third kappa shape index (κ3) is 5.84. The lowest BCUT2D eigenvalue weighted by Gasteiger charge is -2.11. The van der Waals surface area contributed by atoms with E-state index in [9.17, 15) is 9.18 Å². The van der Waals surface area contributed by atoms with Gasteiger partial charge in [-0.1, -0.05) is 0 Å². The molecule has 0 heterocycles. The molecule has 0 radical (unpaired) electrons. The van der Waals surface area contributed by atoms with Crippen LogP contribution in [0.5, 0.6) is 5.75 Å². The maximum atomic E-state index is 12.8. The highest BCUT2D eigenvalue weighted by Crippen LogP contribution is 2.25. The van der Waals surface area contributed by atoms with Crippen LogP contribution in [0.25, 0.3) is 0 Å². The number of ether oxygens (including phenoxy) is 1. The monoisotopic (exact) mass is 349 g/mol. The topological polar surface area (TPSA) is 62.4 Å². The Labute approximate surface area is 124 Å². The largest absolute Gasteiger partial charge is 0.483 e. The molecule has 0 fully saturated rings. The van der Waals surface area contributed by atoms with Crippen molar-refractivity contribution in [1.29, 1.82) is 0 Å². The first-order valence-electron chi connectivity index (χ1n) is 5.43. The third-order valence-electron chi connectivity index (χ3n) is 1.91. The predicted molar refractivity (Wildman–Crippen MR) is 77.1 cm³/mol. The molecule has 5 nitrogen and oxygen atoms in total. The molecule has 0 unspecified atom stereocenters. The van der Waals surface area contributed by atoms with Gasteiger partial charge in [0.25, 0.3) is 5.91 Å². The highest BCUT2D eigenvalue weighted by atomic mass is 79.9. The zero-order valence-corrected chi connectivity index (χ0v) is 12.5. The standard InChI is InChI=1S/C11H13BrFN3O2S/c1-2-14-11(19)16-15-10(17)6-18-9-4-3-7(13)5-8(9)12/h3-5H,2,6H2,1H3,(H,15,17)(H2,14,16,19). The Bertz CT molecular complexity index is 473. The third-order valence-corrected chi connectivity index (χ3v) is 2.77. The van der Waals surface area contributed by atoms with Gasteiger partial charge in [0.15, 0.2) is 11.7 Å². The molecule has 1 rings (SSSR count). The summed E-state index contributed by atoms with van der Waals surface area (Å²) >= 11 is 7.99. The normalized spacial score (nSPS) is 9.63. The molecule has 0 saturated heterocycles. The van der Waals surface area contributed by atoms with E-state index in [1.54, 1.807) is 0 Å². The van der Waals surface area contributed by atoms with Crippen molar-refractivity contribution in [3.63, 3.8) is 0 Å². The SMILES string of the molecule is CCNC(=S)NNC(=O)COc1ccc(F)cc1Br. The van der Waals surface area contributed by atoms with Gasteiger partial charge in [0.05, 0.1) is 4.47 Å². The van der Waals surface area contributed by atoms with Gasteiger partial charge in [0.1, 0.15) is 11.6 Å². The number of thiocarbonyl (C=S) groups is 1. The van der Waals surface area contributed by atoms with Crippen molar-refractivity contribution in [2.45, 2.75) is 6.92 Å². The van der Waals surface area contributed by atoms with E-state index in [0.717, 1.165) is 0 Å². The molecule has 19 heavy (non-hydrogen) atoms. The van der Waals surface area contributed by atoms with E-state index < -0.39 is 5.91 Å². The summed E-state index contributed by atoms with van der Waals surface area (Å²) < 4.78 is 18.5. The quantitative estimate of drug-likeness (QED) is 0.567. The van der Waals surface area contributed by atoms with Gasteiger partial charge in [-0.25, -0.2) is 4.39 Å². The van der Waals surface area contributed by atoms with E-state index in [1.807, 2.05) is 6.92 Å². The van der Waals surface area contributed by atoms with Crippen LogP contribution in [0.2, 0.25) is 0 Å². The fraction of sp³-hybridized carbons (Fsp3) is 0.273. The Morgan fingerprint density at radius 1 is 1.47 bits per heavy atom. The lowest BCUT2D eigenvalue weighted by Crippen LogP contribution is -2.48. The summed E-state index contributed by atoms with van der Waals surface area (Å²) in [6.07, 6.45) is 0. The molecule has 8 heteroatoms. The van der Waals surface area contributed by atoms with Crippen LogP contribution in [0.15, 0.2) is 22.7 Å². The van der Waals surface area contributed by atoms with Crippen LogP contribution in [-0.4, -0.2) is 24.2 Å². The van der Waals surface area contributed by atoms with Gasteiger partial charge in [0.2, 0.25) is 0 Å². The lowest BCUT2D eigenvalue weighted by atomic mass is 10.3. The zero-order chi connectivity index (χ0) is 14.3. The molecule has 0 spiro atoms. The number of nitrogens with one attached hydrogen (secondary N) is 3. The van der Waals surface area contributed by atoms with Crippen LogP contribution in [0, 0.1) is 5.82 Å². The van der Waals surface area contributed by atoms with Crippen molar-refractivity contribution >= 4 is 39.2 Å². The molecule has 0 aliphatic rings. The number of amides is 1. The van der Waals surface area contributed by atoms with Crippen LogP contribution in [0.1, 0.15) is 6.92 Å². The van der Waals surface area contributed by atoms with Crippen molar-refractivity contribution in [1.82, 2.24) is 16.2 Å². The van der Waals surface area contributed by atoms with E-state index in [1.165, 1.54) is 18.2 Å². The summed E-state index contributed by atoms with van der Waals surface area (Å²) in [5.41, 5.74) is 4.87. The summed E-state index contributed by atoms with van der Waals surface area (Å²) in [7, 11) is 0. The molecule has 1 aromatic carbocycles. The Hall–Kier alpha value is -1.41. The first-order valence-corrected chi connectivity index (χ1v) is 6.63. The highest BCUT2D eigenvalue weighted by Gasteiger charge is 2.06. The number of hydrogen-bond acceptors (Lipinski definition) is 3. The van der Waals surface area contributed by atoms with Gasteiger partial charge in [-0.15, -0.1) is 0 Å². The maximum absolute atomic E-state index is 12.8. The van der Waals surface area contributed by atoms with Gasteiger partial charge in [-0.3, -0.25) is 15.6 Å². The number of benzene rings is 1. The molecular weight excluding hydrogens is 337 g/mol. The van der Waals surface area contributed by atoms with Gasteiger partial charge in [-0.2, -0.15) is 0 Å². The Morgan fingerprint density at radius 3 is 2.84 bits per heavy atom. The summed E-state index contributed by atoms with van der Waals surface area (Å²) in [5, 5.41) is 3.12. The minimum atomic E-state index is -0.406. The van der Waals surface area contributed by atoms with Crippen LogP contribution in [-0.2, 0) is 4.79 Å². The lowest BCUT2D eigenvalue weighted by molar-refractivity contribution is -0.123. The van der Waals surface area contributed by atoms with Crippen LogP contribution < -0.4 is 20.9 Å². The van der Waals surface area contributed by atoms with Crippen molar-refractivity contribution in [2.75, 3.05) is 13.2 Å². The van der Waals surface area contributed by atoms with Crippen LogP contribution >= 0.6 is 28.1 Å². The van der Waals surface area contributed by atoms with Crippen LogP contribution in [0.3, 0.4) is 0 Å². The molecular formula is C11H13BrFN3O2S. The first kappa shape index (κ1) is 15.6. The van der Waals surface area contributed by atoms with Crippen molar-refractivity contribution in [2.24, 2.45) is 0 Å². The molecule has 0 atom stereocenters. The smallest absolute Gasteiger partial charge is 0.276 e. The number of halogens is 2. The van der Waals surface area contributed by atoms with Crippen molar-refractivity contribution in [3.05, 3.63) is 28.5 Å². The zero-order valence-electron chi connectivity index (χ0n) is 10.1. The molecule has 0 saturated carbocycles. The van der Waals surface area contributed by atoms with Gasteiger partial charge >= 0.3 is 0 Å². The van der Waals surface area contributed by atoms with E-state index >= 15 is 0 Å². The number of carbonyl (C=O) groups is 1. The molecule has 0 bridgehead atoms. The Balaban J connectivity index is 2.36. The highest BCUT2D eigenvalue weighted by molar-refractivity contribution is 9.10. The molecule has 1 aromatic rings. The van der Waals surface area contributed by atoms with E-state index in [0.29, 0.717) is 21.9 Å². The number of carbonyl (C=O) groups excluding carboxylic acids is 1. The molecule has 3 N–H and O–H groups in total. The second-order valence-corrected chi connectivity index (χ2v) is 4.66. The van der Waals surface area contributed by atoms with E-state index in [-0.39, 0.29) is 12.4 Å². The molecule has 0 aliphatic heterocycles. The minimum Gasteiger partial charge on any atom is -0.483 e. The predicted octanol–water partition coefficient (Wildman–Crippen LogP) is 1.48. The number of hydrazine groups is 1. The van der Waals surface area contributed by atoms with E-state index in [4.69, 9.17) is 17.0 Å². The molecule has 0 aliphatic carbocycles. The summed E-state index contributed by atoms with van der Waals surface area (Å²) in [4.78, 5) is 11.4. The summed E-state index contributed by atoms with van der Waals surface area (Å²) in [6, 6.07) is 3.94. The summed E-state index contributed by atoms with van der Waals surface area (Å²) in [5.74, 6) is -0.413. The Morgan fingerprint density at radius 2 is 2.21 bits per heavy atom. The number of hydrogen-bond donors (Lipinski definition) is 3. The van der Waals surface area contributed by atoms with Gasteiger partial charge in [-0.05, 0) is 53.3 Å². The Kier molecular flexibility index (Phi) is 6.51. The minimum absolute atomic E-state index is 0.216. The first-order chi connectivity index (χ1) is 9.02. The molecule has 0 aromatic heterocycles. The van der Waals surface area contributed by atoms with Crippen LogP contribution in [0.4, 0.5) is 4.39 Å². The van der Waals surface area contributed by atoms with E-state index in [2.05, 4.69) is 32.1 Å². The average Bonchev–Trinajstić information content (AvgIpc) is 2.35.